The van der Waals surface area contributed by atoms with Gasteiger partial charge in [0.15, 0.2) is 11.5 Å². The van der Waals surface area contributed by atoms with Crippen LogP contribution in [0.3, 0.4) is 0 Å². The number of benzene rings is 1. The zero-order chi connectivity index (χ0) is 17.5. The number of nitrogens with one attached hydrogen (secondary N) is 1. The molecule has 126 valence electrons. The molecule has 0 fully saturated rings. The summed E-state index contributed by atoms with van der Waals surface area (Å²) in [5, 5.41) is 2.98. The first-order valence-electron chi connectivity index (χ1n) is 7.67. The van der Waals surface area contributed by atoms with E-state index < -0.39 is 0 Å². The second-order valence-corrected chi connectivity index (χ2v) is 5.34. The summed E-state index contributed by atoms with van der Waals surface area (Å²) in [6.07, 6.45) is 5.76. The minimum Gasteiger partial charge on any atom is -0.493 e. The molecule has 2 aromatic rings. The molecule has 1 aromatic carbocycles. The summed E-state index contributed by atoms with van der Waals surface area (Å²) < 4.78 is 10.7. The molecule has 0 aliphatic heterocycles. The van der Waals surface area contributed by atoms with Crippen molar-refractivity contribution in [2.75, 3.05) is 14.2 Å². The fourth-order valence-electron chi connectivity index (χ4n) is 2.50. The first-order valence-corrected chi connectivity index (χ1v) is 7.67. The predicted octanol–water partition coefficient (Wildman–Crippen LogP) is 3.32. The Morgan fingerprint density at radius 1 is 1.29 bits per heavy atom. The molecule has 0 aliphatic rings. The summed E-state index contributed by atoms with van der Waals surface area (Å²) in [4.78, 5) is 16.6. The molecule has 0 saturated heterocycles. The van der Waals surface area contributed by atoms with Crippen LogP contribution in [-0.2, 0) is 6.42 Å². The summed E-state index contributed by atoms with van der Waals surface area (Å²) in [5.74, 6) is 0.972. The van der Waals surface area contributed by atoms with E-state index in [9.17, 15) is 4.79 Å². The van der Waals surface area contributed by atoms with Crippen molar-refractivity contribution in [2.45, 2.75) is 19.4 Å². The van der Waals surface area contributed by atoms with Crippen LogP contribution in [0.2, 0.25) is 0 Å². The number of hydrogen-bond acceptors (Lipinski definition) is 4. The maximum Gasteiger partial charge on any atom is 0.251 e. The van der Waals surface area contributed by atoms with Crippen LogP contribution in [0.15, 0.2) is 49.3 Å². The van der Waals surface area contributed by atoms with Crippen LogP contribution in [0.4, 0.5) is 0 Å². The number of ether oxygens (including phenoxy) is 2. The lowest BCUT2D eigenvalue weighted by molar-refractivity contribution is 0.0939. The Kier molecular flexibility index (Phi) is 5.95. The smallest absolute Gasteiger partial charge is 0.251 e. The average Bonchev–Trinajstić information content (AvgIpc) is 2.61. The molecule has 24 heavy (non-hydrogen) atoms. The van der Waals surface area contributed by atoms with Crippen molar-refractivity contribution in [3.05, 3.63) is 66.0 Å². The molecule has 0 radical (unpaired) electrons. The third kappa shape index (κ3) is 3.93. The van der Waals surface area contributed by atoms with Crippen molar-refractivity contribution in [1.82, 2.24) is 10.3 Å². The third-order valence-corrected chi connectivity index (χ3v) is 3.74. The lowest BCUT2D eigenvalue weighted by Crippen LogP contribution is -2.26. The molecule has 0 bridgehead atoms. The van der Waals surface area contributed by atoms with Crippen molar-refractivity contribution in [3.63, 3.8) is 0 Å². The van der Waals surface area contributed by atoms with E-state index in [1.165, 1.54) is 0 Å². The number of allylic oxidation sites excluding steroid dienone is 1. The number of carbonyl (C=O) groups is 1. The minimum absolute atomic E-state index is 0.128. The molecule has 1 N–H and O–H groups in total. The molecule has 1 aromatic heterocycles. The topological polar surface area (TPSA) is 60.5 Å². The zero-order valence-electron chi connectivity index (χ0n) is 14.2. The van der Waals surface area contributed by atoms with E-state index in [0.717, 1.165) is 11.1 Å². The van der Waals surface area contributed by atoms with Crippen LogP contribution in [-0.4, -0.2) is 25.1 Å². The number of rotatable bonds is 7. The summed E-state index contributed by atoms with van der Waals surface area (Å²) in [7, 11) is 3.13. The van der Waals surface area contributed by atoms with Gasteiger partial charge in [0, 0.05) is 23.5 Å². The highest BCUT2D eigenvalue weighted by Gasteiger charge is 2.17. The lowest BCUT2D eigenvalue weighted by Gasteiger charge is -2.17. The molecular formula is C19H22N2O3. The Labute approximate surface area is 142 Å². The molecule has 0 saturated carbocycles. The number of carbonyl (C=O) groups excluding carboxylic acids is 1. The van der Waals surface area contributed by atoms with Gasteiger partial charge in [0.05, 0.1) is 20.3 Å². The van der Waals surface area contributed by atoms with Crippen molar-refractivity contribution < 1.29 is 14.3 Å². The van der Waals surface area contributed by atoms with Gasteiger partial charge in [-0.15, -0.1) is 6.58 Å². The first-order chi connectivity index (χ1) is 11.6. The largest absolute Gasteiger partial charge is 0.493 e. The van der Waals surface area contributed by atoms with E-state index in [2.05, 4.69) is 16.9 Å². The van der Waals surface area contributed by atoms with Gasteiger partial charge >= 0.3 is 0 Å². The number of hydrogen-bond donors (Lipinski definition) is 1. The average molecular weight is 326 g/mol. The summed E-state index contributed by atoms with van der Waals surface area (Å²) in [6, 6.07) is 7.11. The minimum atomic E-state index is -0.175. The molecule has 5 heteroatoms. The highest BCUT2D eigenvalue weighted by Crippen LogP contribution is 2.33. The second kappa shape index (κ2) is 8.15. The first kappa shape index (κ1) is 17.5. The van der Waals surface area contributed by atoms with Gasteiger partial charge in [0.25, 0.3) is 5.91 Å². The van der Waals surface area contributed by atoms with Crippen LogP contribution in [0.5, 0.6) is 11.5 Å². The Hall–Kier alpha value is -2.82. The summed E-state index contributed by atoms with van der Waals surface area (Å²) in [6.45, 7) is 5.68. The van der Waals surface area contributed by atoms with Crippen molar-refractivity contribution in [1.29, 1.82) is 0 Å². The van der Waals surface area contributed by atoms with Gasteiger partial charge in [0.2, 0.25) is 0 Å². The quantitative estimate of drug-likeness (QED) is 0.793. The van der Waals surface area contributed by atoms with Crippen molar-refractivity contribution in [3.8, 4) is 11.5 Å². The monoisotopic (exact) mass is 326 g/mol. The number of methoxy groups -OCH3 is 2. The Morgan fingerprint density at radius 3 is 2.58 bits per heavy atom. The van der Waals surface area contributed by atoms with Gasteiger partial charge in [-0.05, 0) is 43.2 Å². The Balaban J connectivity index is 2.28. The summed E-state index contributed by atoms with van der Waals surface area (Å²) in [5.41, 5.74) is 2.36. The highest BCUT2D eigenvalue weighted by atomic mass is 16.5. The lowest BCUT2D eigenvalue weighted by atomic mass is 10.0. The number of nitrogens with zero attached hydrogens (tertiary/aromatic N) is 1. The van der Waals surface area contributed by atoms with E-state index in [1.54, 1.807) is 44.8 Å². The SMILES string of the molecule is C=CCc1cc(C(=O)NC(C)c2ccncc2)cc(OC)c1OC. The van der Waals surface area contributed by atoms with Gasteiger partial charge in [-0.1, -0.05) is 6.08 Å². The summed E-state index contributed by atoms with van der Waals surface area (Å²) >= 11 is 0. The van der Waals surface area contributed by atoms with Crippen LogP contribution < -0.4 is 14.8 Å². The van der Waals surface area contributed by atoms with E-state index in [1.807, 2.05) is 19.1 Å². The Morgan fingerprint density at radius 2 is 2.00 bits per heavy atom. The fraction of sp³-hybridized carbons (Fsp3) is 0.263. The standard InChI is InChI=1S/C19H22N2O3/c1-5-6-15-11-16(12-17(23-3)18(15)24-4)19(22)21-13(2)14-7-9-20-10-8-14/h5,7-13H,1,6H2,2-4H3,(H,21,22). The van der Waals surface area contributed by atoms with E-state index in [0.29, 0.717) is 23.5 Å². The molecule has 0 spiro atoms. The van der Waals surface area contributed by atoms with E-state index in [-0.39, 0.29) is 11.9 Å². The van der Waals surface area contributed by atoms with E-state index in [4.69, 9.17) is 9.47 Å². The van der Waals surface area contributed by atoms with Gasteiger partial charge in [-0.25, -0.2) is 0 Å². The fourth-order valence-corrected chi connectivity index (χ4v) is 2.50. The Bertz CT molecular complexity index is 714. The maximum atomic E-state index is 12.6. The molecule has 5 nitrogen and oxygen atoms in total. The molecule has 1 heterocycles. The highest BCUT2D eigenvalue weighted by molar-refractivity contribution is 5.95. The van der Waals surface area contributed by atoms with Crippen LogP contribution in [0, 0.1) is 0 Å². The zero-order valence-corrected chi connectivity index (χ0v) is 14.2. The number of pyridine rings is 1. The maximum absolute atomic E-state index is 12.6. The normalized spacial score (nSPS) is 11.5. The van der Waals surface area contributed by atoms with Gasteiger partial charge in [-0.3, -0.25) is 9.78 Å². The molecule has 2 rings (SSSR count). The van der Waals surface area contributed by atoms with Crippen LogP contribution in [0.1, 0.15) is 34.5 Å². The van der Waals surface area contributed by atoms with Crippen molar-refractivity contribution >= 4 is 5.91 Å². The van der Waals surface area contributed by atoms with E-state index >= 15 is 0 Å². The van der Waals surface area contributed by atoms with Crippen LogP contribution >= 0.6 is 0 Å². The van der Waals surface area contributed by atoms with Crippen molar-refractivity contribution in [2.24, 2.45) is 0 Å². The number of amides is 1. The molecule has 1 amide bonds. The molecule has 0 aliphatic carbocycles. The van der Waals surface area contributed by atoms with Crippen LogP contribution in [0.25, 0.3) is 0 Å². The van der Waals surface area contributed by atoms with Gasteiger partial charge in [-0.2, -0.15) is 0 Å². The molecule has 1 unspecified atom stereocenters. The molecule has 1 atom stereocenters. The third-order valence-electron chi connectivity index (χ3n) is 3.74. The number of aromatic nitrogens is 1. The predicted molar refractivity (Wildman–Crippen MR) is 93.6 cm³/mol. The van der Waals surface area contributed by atoms with Gasteiger partial charge in [0.1, 0.15) is 0 Å². The van der Waals surface area contributed by atoms with Gasteiger partial charge < -0.3 is 14.8 Å². The second-order valence-electron chi connectivity index (χ2n) is 5.34. The molecular weight excluding hydrogens is 304 g/mol.